The van der Waals surface area contributed by atoms with Gasteiger partial charge in [-0.3, -0.25) is 4.79 Å². The van der Waals surface area contributed by atoms with Gasteiger partial charge in [-0.1, -0.05) is 96.2 Å². The van der Waals surface area contributed by atoms with Crippen molar-refractivity contribution in [1.29, 1.82) is 0 Å². The Kier molecular flexibility index (Phi) is 7.59. The van der Waals surface area contributed by atoms with E-state index in [1.54, 1.807) is 6.20 Å². The number of hydrogen-bond donors (Lipinski definition) is 0. The summed E-state index contributed by atoms with van der Waals surface area (Å²) in [5, 5.41) is 4.76. The highest BCUT2D eigenvalue weighted by Crippen LogP contribution is 2.43. The van der Waals surface area contributed by atoms with Crippen LogP contribution >= 0.6 is 0 Å². The second-order valence-corrected chi connectivity index (χ2v) is 11.8. The zero-order valence-electron chi connectivity index (χ0n) is 25.4. The average molecular weight is 603 g/mol. The largest absolute Gasteiger partial charge is 0.487 e. The first-order chi connectivity index (χ1) is 22.0. The molecule has 3 heterocycles. The Bertz CT molecular complexity index is 1810. The highest BCUT2D eigenvalue weighted by molar-refractivity contribution is 5.95. The van der Waals surface area contributed by atoms with Crippen LogP contribution in [-0.2, 0) is 10.4 Å². The third-order valence-electron chi connectivity index (χ3n) is 8.91. The maximum Gasteiger partial charge on any atom is 0.212 e. The van der Waals surface area contributed by atoms with Crippen LogP contribution in [0, 0.1) is 5.82 Å². The van der Waals surface area contributed by atoms with Crippen LogP contribution < -0.4 is 15.1 Å². The Morgan fingerprint density at radius 3 is 2.00 bits per heavy atom. The molecule has 1 aromatic heterocycles. The lowest BCUT2D eigenvalue weighted by Gasteiger charge is -2.37. The molecular weight excluding hydrogens is 567 g/mol. The van der Waals surface area contributed by atoms with Crippen molar-refractivity contribution in [3.8, 4) is 5.75 Å². The minimum Gasteiger partial charge on any atom is -0.487 e. The van der Waals surface area contributed by atoms with Crippen LogP contribution in [0.25, 0.3) is 10.9 Å². The molecule has 1 fully saturated rings. The van der Waals surface area contributed by atoms with Gasteiger partial charge in [0, 0.05) is 49.1 Å². The van der Waals surface area contributed by atoms with Gasteiger partial charge in [0.05, 0.1) is 28.7 Å². The number of ether oxygens (including phenoxy) is 1. The van der Waals surface area contributed by atoms with Crippen LogP contribution in [0.3, 0.4) is 0 Å². The van der Waals surface area contributed by atoms with Crippen molar-refractivity contribution in [1.82, 2.24) is 9.47 Å². The summed E-state index contributed by atoms with van der Waals surface area (Å²) in [6.07, 6.45) is 3.23. The topological polar surface area (TPSA) is 59.3 Å². The lowest BCUT2D eigenvalue weighted by Crippen LogP contribution is -2.45. The van der Waals surface area contributed by atoms with Gasteiger partial charge in [-0.15, -0.1) is 0 Å². The zero-order valence-corrected chi connectivity index (χ0v) is 25.4. The second-order valence-electron chi connectivity index (χ2n) is 11.8. The van der Waals surface area contributed by atoms with E-state index in [9.17, 15) is 4.79 Å². The van der Waals surface area contributed by atoms with E-state index in [0.717, 1.165) is 29.8 Å². The number of benzene rings is 4. The van der Waals surface area contributed by atoms with Crippen molar-refractivity contribution in [2.75, 3.05) is 44.7 Å². The van der Waals surface area contributed by atoms with Crippen molar-refractivity contribution < 1.29 is 14.0 Å². The minimum atomic E-state index is -1.08. The van der Waals surface area contributed by atoms with Gasteiger partial charge in [-0.2, -0.15) is 0 Å². The van der Waals surface area contributed by atoms with E-state index in [-0.39, 0.29) is 16.9 Å². The Morgan fingerprint density at radius 2 is 1.44 bits per heavy atom. The Balaban J connectivity index is 1.34. The number of piperazine rings is 1. The van der Waals surface area contributed by atoms with Gasteiger partial charge in [0.1, 0.15) is 12.3 Å². The first kappa shape index (κ1) is 28.8. The molecule has 4 aromatic carbocycles. The molecule has 1 atom stereocenters. The van der Waals surface area contributed by atoms with E-state index in [4.69, 9.17) is 9.57 Å². The van der Waals surface area contributed by atoms with Crippen molar-refractivity contribution >= 4 is 22.8 Å². The summed E-state index contributed by atoms with van der Waals surface area (Å²) < 4.78 is 24.0. The van der Waals surface area contributed by atoms with Crippen LogP contribution in [0.2, 0.25) is 0 Å². The fraction of sp³-hybridized carbons (Fsp3) is 0.243. The maximum atomic E-state index is 15.8. The second kappa shape index (κ2) is 11.9. The van der Waals surface area contributed by atoms with Crippen molar-refractivity contribution in [3.63, 3.8) is 0 Å². The van der Waals surface area contributed by atoms with E-state index < -0.39 is 11.4 Å². The van der Waals surface area contributed by atoms with E-state index in [1.165, 1.54) is 12.3 Å². The third-order valence-corrected chi connectivity index (χ3v) is 8.91. The van der Waals surface area contributed by atoms with E-state index >= 15 is 4.39 Å². The average Bonchev–Trinajstić information content (AvgIpc) is 3.08. The molecule has 228 valence electrons. The van der Waals surface area contributed by atoms with Crippen LogP contribution in [0.5, 0.6) is 5.75 Å². The monoisotopic (exact) mass is 602 g/mol. The van der Waals surface area contributed by atoms with Gasteiger partial charge in [-0.25, -0.2) is 4.39 Å². The Labute approximate surface area is 261 Å². The van der Waals surface area contributed by atoms with Gasteiger partial charge in [0.2, 0.25) is 5.60 Å². The smallest absolute Gasteiger partial charge is 0.212 e. The fourth-order valence-corrected chi connectivity index (χ4v) is 6.49. The molecule has 0 bridgehead atoms. The highest BCUT2D eigenvalue weighted by atomic mass is 19.1. The molecule has 0 spiro atoms. The molecule has 0 N–H and O–H groups in total. The molecule has 2 aliphatic rings. The number of likely N-dealkylation sites (N-methyl/N-ethyl adjacent to an activating group) is 1. The molecule has 2 aliphatic heterocycles. The van der Waals surface area contributed by atoms with Crippen molar-refractivity contribution in [3.05, 3.63) is 142 Å². The number of pyridine rings is 1. The van der Waals surface area contributed by atoms with Gasteiger partial charge >= 0.3 is 0 Å². The lowest BCUT2D eigenvalue weighted by molar-refractivity contribution is 0.0183. The molecule has 0 radical (unpaired) electrons. The molecule has 0 saturated carbocycles. The first-order valence-corrected chi connectivity index (χ1v) is 15.3. The molecule has 0 aliphatic carbocycles. The summed E-state index contributed by atoms with van der Waals surface area (Å²) in [6.45, 7) is 5.40. The molecule has 1 saturated heterocycles. The van der Waals surface area contributed by atoms with Gasteiger partial charge in [-0.05, 0) is 20.0 Å². The number of hydrogen-bond acceptors (Lipinski definition) is 6. The standard InChI is InChI=1S/C37H35FN4O3/c1-26-25-44-36-33-31(22-32(38)34(36)41-20-18-40(2)19-21-41)35(43)27(24-42(26)33)23-39-45-37(28-12-6-3-7-13-28,29-14-8-4-9-15-29)30-16-10-5-11-17-30/h3-17,22-24,26H,18-21,25H2,1-2H3/b39-23-/t26-/m0/s1. The third kappa shape index (κ3) is 5.05. The van der Waals surface area contributed by atoms with Gasteiger partial charge in [0.25, 0.3) is 0 Å². The minimum absolute atomic E-state index is 0.0727. The normalized spacial score (nSPS) is 17.0. The fourth-order valence-electron chi connectivity index (χ4n) is 6.49. The maximum absolute atomic E-state index is 15.8. The van der Waals surface area contributed by atoms with E-state index in [1.807, 2.05) is 107 Å². The predicted octanol–water partition coefficient (Wildman–Crippen LogP) is 6.19. The summed E-state index contributed by atoms with van der Waals surface area (Å²) in [7, 11) is 2.06. The highest BCUT2D eigenvalue weighted by Gasteiger charge is 2.39. The van der Waals surface area contributed by atoms with Crippen LogP contribution in [0.1, 0.15) is 35.2 Å². The van der Waals surface area contributed by atoms with Crippen molar-refractivity contribution in [2.45, 2.75) is 18.6 Å². The molecule has 0 unspecified atom stereocenters. The predicted molar refractivity (Wildman–Crippen MR) is 176 cm³/mol. The van der Waals surface area contributed by atoms with Crippen LogP contribution in [0.15, 0.2) is 113 Å². The quantitative estimate of drug-likeness (QED) is 0.126. The first-order valence-electron chi connectivity index (χ1n) is 15.3. The van der Waals surface area contributed by atoms with Crippen LogP contribution in [-0.4, -0.2) is 55.5 Å². The number of anilines is 1. The summed E-state index contributed by atoms with van der Waals surface area (Å²) in [4.78, 5) is 24.7. The lowest BCUT2D eigenvalue weighted by atomic mass is 9.80. The SMILES string of the molecule is C[C@H]1COc2c(N3CCN(C)CC3)c(F)cc3c(=O)c(/C=N\OC(c4ccccc4)(c4ccccc4)c4ccccc4)cn1c23. The molecule has 7 rings (SSSR count). The Hall–Kier alpha value is -4.95. The van der Waals surface area contributed by atoms with E-state index in [0.29, 0.717) is 42.2 Å². The Morgan fingerprint density at radius 1 is 0.889 bits per heavy atom. The molecule has 0 amide bonds. The van der Waals surface area contributed by atoms with Crippen molar-refractivity contribution in [2.24, 2.45) is 5.16 Å². The molecule has 45 heavy (non-hydrogen) atoms. The molecular formula is C37H35FN4O3. The summed E-state index contributed by atoms with van der Waals surface area (Å²) in [5.41, 5.74) is 2.59. The van der Waals surface area contributed by atoms with Gasteiger partial charge in [0.15, 0.2) is 17.0 Å². The van der Waals surface area contributed by atoms with E-state index in [2.05, 4.69) is 17.1 Å². The van der Waals surface area contributed by atoms with Gasteiger partial charge < -0.3 is 23.9 Å². The summed E-state index contributed by atoms with van der Waals surface area (Å²) in [6, 6.07) is 31.0. The number of aromatic nitrogens is 1. The summed E-state index contributed by atoms with van der Waals surface area (Å²) >= 11 is 0. The number of nitrogens with zero attached hydrogens (tertiary/aromatic N) is 4. The number of halogens is 1. The van der Waals surface area contributed by atoms with Crippen LogP contribution in [0.4, 0.5) is 10.1 Å². The number of oxime groups is 1. The zero-order chi connectivity index (χ0) is 31.0. The molecule has 5 aromatic rings. The number of rotatable bonds is 7. The molecule has 7 nitrogen and oxygen atoms in total. The molecule has 8 heteroatoms. The summed E-state index contributed by atoms with van der Waals surface area (Å²) in [5.74, 6) is -0.0254.